The summed E-state index contributed by atoms with van der Waals surface area (Å²) < 4.78 is 6.54. The van der Waals surface area contributed by atoms with E-state index < -0.39 is 0 Å². The van der Waals surface area contributed by atoms with Crippen LogP contribution in [0.25, 0.3) is 55.4 Å². The molecule has 0 saturated heterocycles. The first-order valence-electron chi connectivity index (χ1n) is 14.1. The van der Waals surface area contributed by atoms with E-state index in [0.717, 1.165) is 55.6 Å². The third kappa shape index (κ3) is 7.02. The van der Waals surface area contributed by atoms with Crippen LogP contribution in [0.4, 0.5) is 0 Å². The summed E-state index contributed by atoms with van der Waals surface area (Å²) in [5.74, 6) is 1.31. The van der Waals surface area contributed by atoms with Gasteiger partial charge in [0, 0.05) is 43.6 Å². The summed E-state index contributed by atoms with van der Waals surface area (Å²) in [4.78, 5) is 14.8. The Labute approximate surface area is 266 Å². The second-order valence-corrected chi connectivity index (χ2v) is 10.8. The molecule has 43 heavy (non-hydrogen) atoms. The van der Waals surface area contributed by atoms with Gasteiger partial charge in [-0.1, -0.05) is 116 Å². The Kier molecular flexibility index (Phi) is 10.1. The maximum absolute atomic E-state index is 10.0. The number of furan rings is 1. The van der Waals surface area contributed by atoms with Crippen molar-refractivity contribution in [3.63, 3.8) is 0 Å². The SMILES string of the molecule is CC(=O)/C=C(/C)O.Cc1c(-c2ccccc2)oc2c(-c3ccccc3)cc(-c3nccc4cc(C(C)C)ccc34)[c-]c12.[Ir]. The van der Waals surface area contributed by atoms with E-state index in [0.29, 0.717) is 5.92 Å². The van der Waals surface area contributed by atoms with Gasteiger partial charge < -0.3 is 9.52 Å². The van der Waals surface area contributed by atoms with Crippen molar-refractivity contribution in [3.05, 3.63) is 126 Å². The number of carbonyl (C=O) groups excluding carboxylic acids is 1. The van der Waals surface area contributed by atoms with E-state index in [9.17, 15) is 4.79 Å². The van der Waals surface area contributed by atoms with E-state index in [4.69, 9.17) is 14.5 Å². The van der Waals surface area contributed by atoms with Crippen LogP contribution >= 0.6 is 0 Å². The van der Waals surface area contributed by atoms with Crippen molar-refractivity contribution in [2.24, 2.45) is 0 Å². The van der Waals surface area contributed by atoms with E-state index >= 15 is 0 Å². The zero-order chi connectivity index (χ0) is 29.8. The Morgan fingerprint density at radius 1 is 0.907 bits per heavy atom. The first-order chi connectivity index (χ1) is 20.2. The van der Waals surface area contributed by atoms with Crippen LogP contribution in [0, 0.1) is 13.0 Å². The van der Waals surface area contributed by atoms with Crippen LogP contribution in [-0.2, 0) is 24.9 Å². The van der Waals surface area contributed by atoms with Crippen molar-refractivity contribution in [1.29, 1.82) is 0 Å². The van der Waals surface area contributed by atoms with Gasteiger partial charge in [0.2, 0.25) is 0 Å². The smallest absolute Gasteiger partial charge is 0.155 e. The van der Waals surface area contributed by atoms with E-state index in [-0.39, 0.29) is 31.6 Å². The van der Waals surface area contributed by atoms with Crippen LogP contribution in [0.1, 0.15) is 44.7 Å². The monoisotopic (exact) mass is 745 g/mol. The number of aryl methyl sites for hydroxylation is 1. The van der Waals surface area contributed by atoms with Crippen molar-refractivity contribution >= 4 is 27.5 Å². The molecular weight excluding hydrogens is 711 g/mol. The molecule has 0 amide bonds. The maximum Gasteiger partial charge on any atom is 0.155 e. The predicted octanol–water partition coefficient (Wildman–Crippen LogP) is 10.2. The number of ketones is 1. The van der Waals surface area contributed by atoms with Crippen molar-refractivity contribution in [2.75, 3.05) is 0 Å². The van der Waals surface area contributed by atoms with Gasteiger partial charge in [-0.05, 0) is 53.3 Å². The van der Waals surface area contributed by atoms with Crippen LogP contribution in [0.15, 0.2) is 113 Å². The minimum absolute atomic E-state index is 0. The molecule has 1 N–H and O–H groups in total. The van der Waals surface area contributed by atoms with Crippen molar-refractivity contribution in [3.8, 4) is 33.7 Å². The molecule has 0 aliphatic rings. The molecule has 0 spiro atoms. The molecular formula is C38H34IrNO3-. The first kappa shape index (κ1) is 31.6. The van der Waals surface area contributed by atoms with Gasteiger partial charge in [0.05, 0.1) is 17.1 Å². The number of carbonyl (C=O) groups is 1. The van der Waals surface area contributed by atoms with Crippen molar-refractivity contribution in [2.45, 2.75) is 40.5 Å². The number of hydrogen-bond acceptors (Lipinski definition) is 4. The number of aliphatic hydroxyl groups excluding tert-OH is 1. The molecule has 0 fully saturated rings. The molecule has 0 unspecified atom stereocenters. The number of pyridine rings is 1. The van der Waals surface area contributed by atoms with Gasteiger partial charge in [0.1, 0.15) is 0 Å². The molecule has 0 aliphatic heterocycles. The number of aromatic nitrogens is 1. The summed E-state index contributed by atoms with van der Waals surface area (Å²) >= 11 is 0. The fraction of sp³-hybridized carbons (Fsp3) is 0.158. The Morgan fingerprint density at radius 2 is 1.56 bits per heavy atom. The molecule has 2 aromatic heterocycles. The van der Waals surface area contributed by atoms with E-state index in [1.165, 1.54) is 30.9 Å². The average Bonchev–Trinajstić information content (AvgIpc) is 3.32. The molecule has 6 aromatic rings. The number of aliphatic hydroxyl groups is 1. The number of hydrogen-bond donors (Lipinski definition) is 1. The second-order valence-electron chi connectivity index (χ2n) is 10.8. The first-order valence-corrected chi connectivity index (χ1v) is 14.1. The zero-order valence-corrected chi connectivity index (χ0v) is 27.3. The largest absolute Gasteiger partial charge is 0.512 e. The van der Waals surface area contributed by atoms with Gasteiger partial charge in [-0.15, -0.1) is 12.1 Å². The van der Waals surface area contributed by atoms with E-state index in [1.54, 1.807) is 0 Å². The summed E-state index contributed by atoms with van der Waals surface area (Å²) in [6, 6.07) is 35.4. The normalized spacial score (nSPS) is 11.3. The average molecular weight is 745 g/mol. The molecule has 0 aliphatic carbocycles. The van der Waals surface area contributed by atoms with Crippen LogP contribution in [0.3, 0.4) is 0 Å². The minimum Gasteiger partial charge on any atom is -0.512 e. The van der Waals surface area contributed by atoms with Crippen LogP contribution in [0.2, 0.25) is 0 Å². The number of benzene rings is 4. The molecule has 4 aromatic carbocycles. The minimum atomic E-state index is -0.125. The summed E-state index contributed by atoms with van der Waals surface area (Å²) in [6.07, 6.45) is 3.07. The standard InChI is InChI=1S/C33H26NO.C5H8O2.Ir/c1-21(2)25-14-15-28-26(18-25)16-17-34-31(28)27-19-29-22(3)32(24-12-8-5-9-13-24)35-33(29)30(20-27)23-10-6-4-7-11-23;1-4(6)3-5(2)7;/h4-18,20-21H,1-3H3;3,6H,1-2H3;/q-1;;/b;4-3-;. The van der Waals surface area contributed by atoms with Crippen molar-refractivity contribution in [1.82, 2.24) is 4.98 Å². The summed E-state index contributed by atoms with van der Waals surface area (Å²) in [7, 11) is 0. The summed E-state index contributed by atoms with van der Waals surface area (Å²) in [6.45, 7) is 9.42. The Balaban J connectivity index is 0.000000475. The van der Waals surface area contributed by atoms with Gasteiger partial charge in [0.25, 0.3) is 0 Å². The summed E-state index contributed by atoms with van der Waals surface area (Å²) in [5, 5.41) is 11.7. The molecule has 6 rings (SSSR count). The molecule has 4 nitrogen and oxygen atoms in total. The number of fused-ring (bicyclic) bond motifs is 2. The number of nitrogens with zero attached hydrogens (tertiary/aromatic N) is 1. The third-order valence-corrected chi connectivity index (χ3v) is 7.18. The molecule has 1 radical (unpaired) electrons. The number of allylic oxidation sites excluding steroid dienone is 2. The molecule has 0 saturated carbocycles. The topological polar surface area (TPSA) is 63.3 Å². The Hall–Kier alpha value is -4.31. The van der Waals surface area contributed by atoms with Crippen LogP contribution in [0.5, 0.6) is 0 Å². The fourth-order valence-corrected chi connectivity index (χ4v) is 5.12. The Bertz CT molecular complexity index is 1900. The second kappa shape index (κ2) is 13.8. The predicted molar refractivity (Wildman–Crippen MR) is 173 cm³/mol. The van der Waals surface area contributed by atoms with E-state index in [1.807, 2.05) is 30.5 Å². The van der Waals surface area contributed by atoms with Crippen LogP contribution in [-0.4, -0.2) is 15.9 Å². The van der Waals surface area contributed by atoms with E-state index in [2.05, 4.69) is 93.6 Å². The van der Waals surface area contributed by atoms with Gasteiger partial charge in [-0.25, -0.2) is 0 Å². The molecule has 0 bridgehead atoms. The Morgan fingerprint density at radius 3 is 2.14 bits per heavy atom. The zero-order valence-electron chi connectivity index (χ0n) is 24.9. The molecule has 5 heteroatoms. The maximum atomic E-state index is 10.0. The van der Waals surface area contributed by atoms with Crippen LogP contribution < -0.4 is 0 Å². The van der Waals surface area contributed by atoms with Gasteiger partial charge in [-0.2, -0.15) is 0 Å². The van der Waals surface area contributed by atoms with Gasteiger partial charge in [-0.3, -0.25) is 9.78 Å². The molecule has 219 valence electrons. The van der Waals surface area contributed by atoms with Gasteiger partial charge in [0.15, 0.2) is 5.78 Å². The fourth-order valence-electron chi connectivity index (χ4n) is 5.12. The third-order valence-electron chi connectivity index (χ3n) is 7.18. The number of rotatable bonds is 5. The molecule has 2 heterocycles. The van der Waals surface area contributed by atoms with Gasteiger partial charge >= 0.3 is 0 Å². The van der Waals surface area contributed by atoms with Crippen molar-refractivity contribution < 1.29 is 34.4 Å². The molecule has 0 atom stereocenters. The summed E-state index contributed by atoms with van der Waals surface area (Å²) in [5.41, 5.74) is 8.44. The quantitative estimate of drug-likeness (QED) is 0.108.